The molecule has 0 bridgehead atoms. The summed E-state index contributed by atoms with van der Waals surface area (Å²) in [5.41, 5.74) is 7.98. The molecule has 0 radical (unpaired) electrons. The molecule has 0 aliphatic carbocycles. The Bertz CT molecular complexity index is 348. The van der Waals surface area contributed by atoms with Crippen LogP contribution in [0.15, 0.2) is 18.2 Å². The van der Waals surface area contributed by atoms with Gasteiger partial charge in [-0.1, -0.05) is 25.5 Å². The lowest BCUT2D eigenvalue weighted by molar-refractivity contribution is 0.0637. The van der Waals surface area contributed by atoms with Crippen LogP contribution in [0.4, 0.5) is 11.4 Å². The fourth-order valence-electron chi connectivity index (χ4n) is 1.75. The Labute approximate surface area is 97.7 Å². The SMILES string of the molecule is CCCC(C)(O)CNc1cccc(C)c1N. The summed E-state index contributed by atoms with van der Waals surface area (Å²) in [5.74, 6) is 0. The van der Waals surface area contributed by atoms with E-state index >= 15 is 0 Å². The van der Waals surface area contributed by atoms with Crippen LogP contribution in [0.2, 0.25) is 0 Å². The van der Waals surface area contributed by atoms with Crippen LogP contribution in [-0.4, -0.2) is 17.3 Å². The zero-order valence-corrected chi connectivity index (χ0v) is 10.4. The number of hydrogen-bond donors (Lipinski definition) is 3. The van der Waals surface area contributed by atoms with E-state index in [4.69, 9.17) is 5.73 Å². The molecule has 0 amide bonds. The smallest absolute Gasteiger partial charge is 0.0791 e. The van der Waals surface area contributed by atoms with Gasteiger partial charge in [-0.25, -0.2) is 0 Å². The molecule has 1 aromatic rings. The molecule has 1 rings (SSSR count). The second-order valence-corrected chi connectivity index (χ2v) is 4.64. The molecule has 4 N–H and O–H groups in total. The molecule has 1 atom stereocenters. The molecular formula is C13H22N2O. The minimum atomic E-state index is -0.676. The third-order valence-electron chi connectivity index (χ3n) is 2.77. The van der Waals surface area contributed by atoms with Crippen molar-refractivity contribution in [2.45, 2.75) is 39.2 Å². The molecule has 0 fully saturated rings. The monoisotopic (exact) mass is 222 g/mol. The summed E-state index contributed by atoms with van der Waals surface area (Å²) in [5, 5.41) is 13.2. The maximum atomic E-state index is 10.0. The van der Waals surface area contributed by atoms with Crippen LogP contribution in [0.3, 0.4) is 0 Å². The highest BCUT2D eigenvalue weighted by molar-refractivity contribution is 5.69. The molecule has 0 aromatic heterocycles. The van der Waals surface area contributed by atoms with E-state index in [1.165, 1.54) is 0 Å². The van der Waals surface area contributed by atoms with Gasteiger partial charge in [-0.05, 0) is 31.9 Å². The zero-order valence-electron chi connectivity index (χ0n) is 10.4. The van der Waals surface area contributed by atoms with Crippen LogP contribution < -0.4 is 11.1 Å². The third kappa shape index (κ3) is 3.42. The summed E-state index contributed by atoms with van der Waals surface area (Å²) < 4.78 is 0. The molecule has 3 nitrogen and oxygen atoms in total. The Morgan fingerprint density at radius 2 is 2.12 bits per heavy atom. The predicted molar refractivity (Wildman–Crippen MR) is 69.6 cm³/mol. The predicted octanol–water partition coefficient (Wildman–Crippen LogP) is 2.54. The molecule has 0 aliphatic rings. The van der Waals surface area contributed by atoms with Gasteiger partial charge in [-0.2, -0.15) is 0 Å². The van der Waals surface area contributed by atoms with E-state index in [2.05, 4.69) is 12.2 Å². The van der Waals surface area contributed by atoms with Crippen LogP contribution >= 0.6 is 0 Å². The first-order chi connectivity index (χ1) is 7.46. The van der Waals surface area contributed by atoms with E-state index in [-0.39, 0.29) is 0 Å². The maximum Gasteiger partial charge on any atom is 0.0791 e. The summed E-state index contributed by atoms with van der Waals surface area (Å²) in [7, 11) is 0. The highest BCUT2D eigenvalue weighted by Crippen LogP contribution is 2.23. The number of anilines is 2. The van der Waals surface area contributed by atoms with E-state index in [1.807, 2.05) is 32.0 Å². The first-order valence-electron chi connectivity index (χ1n) is 5.77. The van der Waals surface area contributed by atoms with Crippen LogP contribution in [-0.2, 0) is 0 Å². The molecule has 0 spiro atoms. The Morgan fingerprint density at radius 3 is 2.75 bits per heavy atom. The molecule has 0 saturated heterocycles. The van der Waals surface area contributed by atoms with Gasteiger partial charge in [-0.15, -0.1) is 0 Å². The van der Waals surface area contributed by atoms with E-state index in [9.17, 15) is 5.11 Å². The number of benzene rings is 1. The van der Waals surface area contributed by atoms with Crippen LogP contribution in [0.25, 0.3) is 0 Å². The van der Waals surface area contributed by atoms with Crippen molar-refractivity contribution in [2.75, 3.05) is 17.6 Å². The van der Waals surface area contributed by atoms with Gasteiger partial charge in [0, 0.05) is 6.54 Å². The first-order valence-corrected chi connectivity index (χ1v) is 5.77. The number of rotatable bonds is 5. The largest absolute Gasteiger partial charge is 0.397 e. The second-order valence-electron chi connectivity index (χ2n) is 4.64. The van der Waals surface area contributed by atoms with E-state index in [0.29, 0.717) is 6.54 Å². The lowest BCUT2D eigenvalue weighted by Crippen LogP contribution is -2.33. The fraction of sp³-hybridized carbons (Fsp3) is 0.538. The lowest BCUT2D eigenvalue weighted by atomic mass is 10.0. The molecule has 16 heavy (non-hydrogen) atoms. The molecule has 90 valence electrons. The Hall–Kier alpha value is -1.22. The summed E-state index contributed by atoms with van der Waals surface area (Å²) >= 11 is 0. The summed E-state index contributed by atoms with van der Waals surface area (Å²) in [4.78, 5) is 0. The molecule has 0 aliphatic heterocycles. The molecule has 3 heteroatoms. The zero-order chi connectivity index (χ0) is 12.2. The average Bonchev–Trinajstić information content (AvgIpc) is 2.20. The van der Waals surface area contributed by atoms with E-state index < -0.39 is 5.60 Å². The molecule has 1 aromatic carbocycles. The van der Waals surface area contributed by atoms with Crippen molar-refractivity contribution in [1.82, 2.24) is 0 Å². The van der Waals surface area contributed by atoms with E-state index in [1.54, 1.807) is 0 Å². The fourth-order valence-corrected chi connectivity index (χ4v) is 1.75. The number of nitrogen functional groups attached to an aromatic ring is 1. The number of aryl methyl sites for hydroxylation is 1. The van der Waals surface area contributed by atoms with Crippen molar-refractivity contribution in [2.24, 2.45) is 0 Å². The van der Waals surface area contributed by atoms with Crippen molar-refractivity contribution in [3.8, 4) is 0 Å². The number of para-hydroxylation sites is 1. The van der Waals surface area contributed by atoms with Crippen LogP contribution in [0, 0.1) is 6.92 Å². The van der Waals surface area contributed by atoms with E-state index in [0.717, 1.165) is 29.8 Å². The van der Waals surface area contributed by atoms with Gasteiger partial charge in [0.2, 0.25) is 0 Å². The minimum Gasteiger partial charge on any atom is -0.397 e. The maximum absolute atomic E-state index is 10.0. The third-order valence-corrected chi connectivity index (χ3v) is 2.77. The van der Waals surface area contributed by atoms with Gasteiger partial charge in [-0.3, -0.25) is 0 Å². The Kier molecular flexibility index (Phi) is 4.19. The number of aliphatic hydroxyl groups is 1. The second kappa shape index (κ2) is 5.21. The molecule has 0 heterocycles. The number of nitrogens with two attached hydrogens (primary N) is 1. The average molecular weight is 222 g/mol. The van der Waals surface area contributed by atoms with Crippen molar-refractivity contribution < 1.29 is 5.11 Å². The van der Waals surface area contributed by atoms with Gasteiger partial charge >= 0.3 is 0 Å². The lowest BCUT2D eigenvalue weighted by Gasteiger charge is -2.24. The van der Waals surface area contributed by atoms with Crippen molar-refractivity contribution in [1.29, 1.82) is 0 Å². The van der Waals surface area contributed by atoms with Gasteiger partial charge in [0.1, 0.15) is 0 Å². The van der Waals surface area contributed by atoms with Crippen molar-refractivity contribution >= 4 is 11.4 Å². The van der Waals surface area contributed by atoms with Gasteiger partial charge in [0.25, 0.3) is 0 Å². The quantitative estimate of drug-likeness (QED) is 0.671. The molecule has 1 unspecified atom stereocenters. The van der Waals surface area contributed by atoms with Crippen LogP contribution in [0.5, 0.6) is 0 Å². The number of hydrogen-bond acceptors (Lipinski definition) is 3. The minimum absolute atomic E-state index is 0.522. The Balaban J connectivity index is 2.64. The summed E-state index contributed by atoms with van der Waals surface area (Å²) in [6.45, 7) is 6.41. The van der Waals surface area contributed by atoms with Gasteiger partial charge in [0.05, 0.1) is 17.0 Å². The van der Waals surface area contributed by atoms with Gasteiger partial charge in [0.15, 0.2) is 0 Å². The standard InChI is InChI=1S/C13H22N2O/c1-4-8-13(3,16)9-15-11-7-5-6-10(2)12(11)14/h5-7,15-16H,4,8-9,14H2,1-3H3. The summed E-state index contributed by atoms with van der Waals surface area (Å²) in [6, 6.07) is 5.87. The highest BCUT2D eigenvalue weighted by Gasteiger charge is 2.18. The molecular weight excluding hydrogens is 200 g/mol. The Morgan fingerprint density at radius 1 is 1.44 bits per heavy atom. The normalized spacial score (nSPS) is 14.5. The van der Waals surface area contributed by atoms with Crippen molar-refractivity contribution in [3.05, 3.63) is 23.8 Å². The highest BCUT2D eigenvalue weighted by atomic mass is 16.3. The van der Waals surface area contributed by atoms with Crippen LogP contribution in [0.1, 0.15) is 32.3 Å². The van der Waals surface area contributed by atoms with Gasteiger partial charge < -0.3 is 16.2 Å². The first kappa shape index (κ1) is 12.8. The molecule has 0 saturated carbocycles. The van der Waals surface area contributed by atoms with Crippen molar-refractivity contribution in [3.63, 3.8) is 0 Å². The summed E-state index contributed by atoms with van der Waals surface area (Å²) in [6.07, 6.45) is 1.75. The topological polar surface area (TPSA) is 58.3 Å². The number of nitrogens with one attached hydrogen (secondary N) is 1.